The van der Waals surface area contributed by atoms with Crippen molar-refractivity contribution in [1.29, 1.82) is 0 Å². The summed E-state index contributed by atoms with van der Waals surface area (Å²) in [5, 5.41) is -0.110. The van der Waals surface area contributed by atoms with Gasteiger partial charge in [0.05, 0.1) is 16.8 Å². The van der Waals surface area contributed by atoms with Crippen LogP contribution < -0.4 is 0 Å². The summed E-state index contributed by atoms with van der Waals surface area (Å²) in [4.78, 5) is 15.3. The molecule has 1 aromatic carbocycles. The molecule has 2 aliphatic rings. The van der Waals surface area contributed by atoms with Crippen molar-refractivity contribution in [3.63, 3.8) is 0 Å². The van der Waals surface area contributed by atoms with Gasteiger partial charge in [-0.15, -0.1) is 11.8 Å². The maximum atomic E-state index is 12.5. The van der Waals surface area contributed by atoms with Crippen LogP contribution >= 0.6 is 11.8 Å². The number of carbonyl (C=O) groups is 1. The molecule has 0 aromatic heterocycles. The molecule has 20 heavy (non-hydrogen) atoms. The van der Waals surface area contributed by atoms with Crippen LogP contribution in [-0.2, 0) is 21.1 Å². The monoisotopic (exact) mass is 311 g/mol. The van der Waals surface area contributed by atoms with Gasteiger partial charge in [0.1, 0.15) is 0 Å². The molecule has 2 heterocycles. The van der Waals surface area contributed by atoms with Crippen LogP contribution in [0.25, 0.3) is 0 Å². The van der Waals surface area contributed by atoms with Crippen molar-refractivity contribution in [2.45, 2.75) is 29.0 Å². The zero-order valence-electron chi connectivity index (χ0n) is 11.3. The maximum absolute atomic E-state index is 12.5. The Kier molecular flexibility index (Phi) is 3.54. The molecule has 4 nitrogen and oxygen atoms in total. The Labute approximate surface area is 123 Å². The molecule has 108 valence electrons. The van der Waals surface area contributed by atoms with Gasteiger partial charge in [0.25, 0.3) is 0 Å². The van der Waals surface area contributed by atoms with Gasteiger partial charge in [-0.2, -0.15) is 0 Å². The summed E-state index contributed by atoms with van der Waals surface area (Å²) in [7, 11) is -1.22. The lowest BCUT2D eigenvalue weighted by Gasteiger charge is -2.25. The molecule has 0 radical (unpaired) electrons. The fourth-order valence-electron chi connectivity index (χ4n) is 2.81. The number of rotatable bonds is 2. The van der Waals surface area contributed by atoms with Gasteiger partial charge in [0.15, 0.2) is 9.84 Å². The van der Waals surface area contributed by atoms with E-state index in [1.165, 1.54) is 10.5 Å². The molecule has 1 aromatic rings. The Morgan fingerprint density at radius 1 is 1.35 bits per heavy atom. The first-order valence-electron chi connectivity index (χ1n) is 6.68. The summed E-state index contributed by atoms with van der Waals surface area (Å²) in [6, 6.07) is 7.89. The first-order valence-corrected chi connectivity index (χ1v) is 9.38. The normalized spacial score (nSPS) is 27.2. The number of fused-ring (bicyclic) bond motifs is 1. The minimum atomic E-state index is -2.95. The van der Waals surface area contributed by atoms with Crippen LogP contribution in [0.3, 0.4) is 0 Å². The standard InChI is InChI=1S/C14H17NO3S2/c1-15(11-6-7-20(17,18)9-11)14(16)13-8-10-4-2-3-5-12(10)19-13/h2-5,11,13H,6-9H2,1H3/t11-,13+/m1/s1. The molecule has 0 N–H and O–H groups in total. The highest BCUT2D eigenvalue weighted by Crippen LogP contribution is 2.37. The van der Waals surface area contributed by atoms with Gasteiger partial charge < -0.3 is 4.90 Å². The van der Waals surface area contributed by atoms with Crippen LogP contribution in [0, 0.1) is 0 Å². The molecule has 1 fully saturated rings. The number of amides is 1. The number of carbonyl (C=O) groups excluding carboxylic acids is 1. The van der Waals surface area contributed by atoms with E-state index in [1.54, 1.807) is 23.7 Å². The third-order valence-corrected chi connectivity index (χ3v) is 7.08. The van der Waals surface area contributed by atoms with Crippen molar-refractivity contribution in [2.24, 2.45) is 0 Å². The van der Waals surface area contributed by atoms with Crippen LogP contribution in [0.15, 0.2) is 29.2 Å². The number of sulfone groups is 1. The SMILES string of the molecule is CN(C(=O)[C@@H]1Cc2ccccc2S1)[C@@H]1CCS(=O)(=O)C1. The third kappa shape index (κ3) is 2.59. The van der Waals surface area contributed by atoms with E-state index >= 15 is 0 Å². The van der Waals surface area contributed by atoms with Crippen molar-refractivity contribution in [3.05, 3.63) is 29.8 Å². The largest absolute Gasteiger partial charge is 0.341 e. The fourth-order valence-corrected chi connectivity index (χ4v) is 5.88. The first kappa shape index (κ1) is 13.9. The van der Waals surface area contributed by atoms with Gasteiger partial charge in [-0.25, -0.2) is 8.42 Å². The molecule has 2 aliphatic heterocycles. The highest BCUT2D eigenvalue weighted by molar-refractivity contribution is 8.01. The van der Waals surface area contributed by atoms with Gasteiger partial charge in [-0.3, -0.25) is 4.79 Å². The van der Waals surface area contributed by atoms with E-state index in [4.69, 9.17) is 0 Å². The van der Waals surface area contributed by atoms with Gasteiger partial charge in [-0.1, -0.05) is 18.2 Å². The van der Waals surface area contributed by atoms with Gasteiger partial charge in [-0.05, 0) is 24.5 Å². The molecule has 0 unspecified atom stereocenters. The summed E-state index contributed by atoms with van der Waals surface area (Å²) in [5.41, 5.74) is 1.21. The summed E-state index contributed by atoms with van der Waals surface area (Å²) < 4.78 is 23.0. The van der Waals surface area contributed by atoms with Crippen molar-refractivity contribution in [1.82, 2.24) is 4.90 Å². The van der Waals surface area contributed by atoms with Crippen molar-refractivity contribution in [3.8, 4) is 0 Å². The predicted octanol–water partition coefficient (Wildman–Crippen LogP) is 1.35. The van der Waals surface area contributed by atoms with Crippen LogP contribution in [0.5, 0.6) is 0 Å². The zero-order valence-corrected chi connectivity index (χ0v) is 12.9. The zero-order chi connectivity index (χ0) is 14.3. The quantitative estimate of drug-likeness (QED) is 0.827. The van der Waals surface area contributed by atoms with Crippen LogP contribution in [0.2, 0.25) is 0 Å². The topological polar surface area (TPSA) is 54.5 Å². The minimum absolute atomic E-state index is 0.0494. The molecule has 2 atom stereocenters. The summed E-state index contributed by atoms with van der Waals surface area (Å²) >= 11 is 1.59. The molecule has 0 aliphatic carbocycles. The number of hydrogen-bond acceptors (Lipinski definition) is 4. The molecule has 1 saturated heterocycles. The number of hydrogen-bond donors (Lipinski definition) is 0. The second-order valence-electron chi connectivity index (χ2n) is 5.42. The molecule has 1 amide bonds. The smallest absolute Gasteiger partial charge is 0.236 e. The summed E-state index contributed by atoms with van der Waals surface area (Å²) in [6.07, 6.45) is 1.30. The van der Waals surface area contributed by atoms with Crippen molar-refractivity contribution in [2.75, 3.05) is 18.6 Å². The summed E-state index contributed by atoms with van der Waals surface area (Å²) in [5.74, 6) is 0.362. The van der Waals surface area contributed by atoms with E-state index in [-0.39, 0.29) is 28.7 Å². The van der Waals surface area contributed by atoms with E-state index < -0.39 is 9.84 Å². The molecule has 3 rings (SSSR count). The fraction of sp³-hybridized carbons (Fsp3) is 0.500. The Morgan fingerprint density at radius 3 is 2.75 bits per heavy atom. The van der Waals surface area contributed by atoms with Crippen LogP contribution in [0.1, 0.15) is 12.0 Å². The Balaban J connectivity index is 1.69. The van der Waals surface area contributed by atoms with E-state index in [9.17, 15) is 13.2 Å². The van der Waals surface area contributed by atoms with Crippen LogP contribution in [-0.4, -0.2) is 49.1 Å². The molecule has 0 bridgehead atoms. The molecular weight excluding hydrogens is 294 g/mol. The highest BCUT2D eigenvalue weighted by atomic mass is 32.2. The number of nitrogens with zero attached hydrogens (tertiary/aromatic N) is 1. The Hall–Kier alpha value is -1.01. The molecular formula is C14H17NO3S2. The summed E-state index contributed by atoms with van der Waals surface area (Å²) in [6.45, 7) is 0. The van der Waals surface area contributed by atoms with Gasteiger partial charge in [0.2, 0.25) is 5.91 Å². The second-order valence-corrected chi connectivity index (χ2v) is 8.90. The molecule has 6 heteroatoms. The lowest BCUT2D eigenvalue weighted by Crippen LogP contribution is -2.42. The third-order valence-electron chi connectivity index (χ3n) is 4.03. The van der Waals surface area contributed by atoms with Crippen LogP contribution in [0.4, 0.5) is 0 Å². The number of thioether (sulfide) groups is 1. The average molecular weight is 311 g/mol. The Morgan fingerprint density at radius 2 is 2.10 bits per heavy atom. The van der Waals surface area contributed by atoms with E-state index in [1.807, 2.05) is 18.2 Å². The van der Waals surface area contributed by atoms with Gasteiger partial charge >= 0.3 is 0 Å². The maximum Gasteiger partial charge on any atom is 0.236 e. The lowest BCUT2D eigenvalue weighted by molar-refractivity contribution is -0.130. The first-order chi connectivity index (χ1) is 9.46. The number of benzene rings is 1. The van der Waals surface area contributed by atoms with Crippen molar-refractivity contribution < 1.29 is 13.2 Å². The van der Waals surface area contributed by atoms with E-state index in [0.29, 0.717) is 6.42 Å². The van der Waals surface area contributed by atoms with E-state index in [0.717, 1.165) is 6.42 Å². The Bertz CT molecular complexity index is 617. The predicted molar refractivity (Wildman–Crippen MR) is 79.6 cm³/mol. The lowest BCUT2D eigenvalue weighted by atomic mass is 10.1. The average Bonchev–Trinajstić information content (AvgIpc) is 3.00. The minimum Gasteiger partial charge on any atom is -0.341 e. The van der Waals surface area contributed by atoms with E-state index in [2.05, 4.69) is 6.07 Å². The molecule has 0 spiro atoms. The van der Waals surface area contributed by atoms with Gasteiger partial charge in [0, 0.05) is 18.0 Å². The molecule has 0 saturated carbocycles. The second kappa shape index (κ2) is 5.07. The highest BCUT2D eigenvalue weighted by Gasteiger charge is 2.37. The van der Waals surface area contributed by atoms with Crippen molar-refractivity contribution >= 4 is 27.5 Å².